The van der Waals surface area contributed by atoms with Gasteiger partial charge < -0.3 is 24.2 Å². The quantitative estimate of drug-likeness (QED) is 0.421. The van der Waals surface area contributed by atoms with Crippen molar-refractivity contribution in [3.8, 4) is 0 Å². The van der Waals surface area contributed by atoms with Crippen molar-refractivity contribution in [2.75, 3.05) is 33.9 Å². The molecule has 2 aliphatic rings. The number of nitrogens with zero attached hydrogens (tertiary/aromatic N) is 1. The van der Waals surface area contributed by atoms with E-state index in [0.29, 0.717) is 0 Å². The maximum absolute atomic E-state index is 12.5. The summed E-state index contributed by atoms with van der Waals surface area (Å²) in [5, 5.41) is 20.9. The number of methoxy groups -OCH3 is 1. The fourth-order valence-electron chi connectivity index (χ4n) is 3.90. The molecule has 6 nitrogen and oxygen atoms in total. The van der Waals surface area contributed by atoms with Gasteiger partial charge in [0.25, 0.3) is 0 Å². The number of likely N-dealkylation sites (N-methyl/N-ethyl adjacent to an activating group) is 1. The van der Waals surface area contributed by atoms with Crippen molar-refractivity contribution < 1.29 is 29.0 Å². The van der Waals surface area contributed by atoms with Gasteiger partial charge in [0, 0.05) is 19.1 Å². The molecular weight excluding hydrogens is 298 g/mol. The molecule has 2 unspecified atom stereocenters. The minimum atomic E-state index is -1.68. The molecule has 0 amide bonds. The molecule has 0 aromatic carbocycles. The first-order chi connectivity index (χ1) is 10.7. The molecule has 2 heterocycles. The largest absolute Gasteiger partial charge is 0.459 e. The summed E-state index contributed by atoms with van der Waals surface area (Å²) in [6.07, 6.45) is 1.76. The molecule has 23 heavy (non-hydrogen) atoms. The van der Waals surface area contributed by atoms with Crippen LogP contribution in [0.25, 0.3) is 0 Å². The standard InChI is InChI=1S/C17H30NO5/c1-11(2)17(21,12(3)22-5)16(20)23-10-13-6-8-18(4)9-7-14(19)15(13)18/h6,11-12,14-15,19,21H,7-10H2,1-5H3/q+1/t12-,14+,15-,17?,18?/m1/s1. The first-order valence-corrected chi connectivity index (χ1v) is 8.30. The number of esters is 1. The zero-order chi connectivity index (χ0) is 17.4. The zero-order valence-electron chi connectivity index (χ0n) is 14.8. The van der Waals surface area contributed by atoms with Gasteiger partial charge in [-0.2, -0.15) is 0 Å². The van der Waals surface area contributed by atoms with Gasteiger partial charge >= 0.3 is 5.97 Å². The molecule has 132 valence electrons. The molecule has 1 fully saturated rings. The lowest BCUT2D eigenvalue weighted by Gasteiger charge is -2.35. The summed E-state index contributed by atoms with van der Waals surface area (Å²) in [7, 11) is 3.58. The smallest absolute Gasteiger partial charge is 0.341 e. The molecule has 0 aromatic rings. The normalized spacial score (nSPS) is 34.0. The number of hydrogen-bond donors (Lipinski definition) is 2. The van der Waals surface area contributed by atoms with Crippen LogP contribution in [0.5, 0.6) is 0 Å². The van der Waals surface area contributed by atoms with Gasteiger partial charge in [-0.1, -0.05) is 13.8 Å². The van der Waals surface area contributed by atoms with Crippen LogP contribution in [-0.4, -0.2) is 78.4 Å². The predicted molar refractivity (Wildman–Crippen MR) is 85.6 cm³/mol. The van der Waals surface area contributed by atoms with Crippen LogP contribution in [0.1, 0.15) is 27.2 Å². The minimum absolute atomic E-state index is 0.00482. The molecule has 0 bridgehead atoms. The second kappa shape index (κ2) is 6.51. The van der Waals surface area contributed by atoms with Gasteiger partial charge in [-0.25, -0.2) is 4.79 Å². The number of carbonyl (C=O) groups excluding carboxylic acids is 1. The van der Waals surface area contributed by atoms with Gasteiger partial charge in [-0.3, -0.25) is 0 Å². The van der Waals surface area contributed by atoms with E-state index in [1.807, 2.05) is 0 Å². The van der Waals surface area contributed by atoms with Crippen molar-refractivity contribution in [3.63, 3.8) is 0 Å². The lowest BCUT2D eigenvalue weighted by molar-refractivity contribution is -0.906. The molecule has 1 saturated heterocycles. The molecule has 2 rings (SSSR count). The summed E-state index contributed by atoms with van der Waals surface area (Å²) in [4.78, 5) is 12.5. The van der Waals surface area contributed by atoms with E-state index >= 15 is 0 Å². The van der Waals surface area contributed by atoms with E-state index in [4.69, 9.17) is 9.47 Å². The van der Waals surface area contributed by atoms with Crippen LogP contribution >= 0.6 is 0 Å². The number of ether oxygens (including phenoxy) is 2. The Morgan fingerprint density at radius 3 is 2.70 bits per heavy atom. The number of hydrogen-bond acceptors (Lipinski definition) is 5. The van der Waals surface area contributed by atoms with Gasteiger partial charge in [0.15, 0.2) is 5.60 Å². The Morgan fingerprint density at radius 1 is 1.48 bits per heavy atom. The van der Waals surface area contributed by atoms with Crippen molar-refractivity contribution in [2.45, 2.75) is 51.0 Å². The molecule has 0 aromatic heterocycles. The monoisotopic (exact) mass is 328 g/mol. The van der Waals surface area contributed by atoms with Crippen molar-refractivity contribution in [2.24, 2.45) is 5.92 Å². The molecule has 0 aliphatic carbocycles. The Morgan fingerprint density at radius 2 is 2.13 bits per heavy atom. The van der Waals surface area contributed by atoms with E-state index in [1.54, 1.807) is 20.8 Å². The van der Waals surface area contributed by atoms with Crippen LogP contribution in [0.2, 0.25) is 0 Å². The SMILES string of the molecule is CO[C@H](C)C(O)(C(=O)OCC1=CC[N+]2(C)CC[C@H](O)[C@@H]12)C(C)C. The molecular formula is C17H30NO5+. The summed E-state index contributed by atoms with van der Waals surface area (Å²) < 4.78 is 11.4. The molecule has 2 aliphatic heterocycles. The van der Waals surface area contributed by atoms with Gasteiger partial charge in [-0.15, -0.1) is 0 Å². The first kappa shape index (κ1) is 18.4. The van der Waals surface area contributed by atoms with Crippen LogP contribution in [0.3, 0.4) is 0 Å². The Hall–Kier alpha value is -0.950. The second-order valence-electron chi connectivity index (χ2n) is 7.40. The van der Waals surface area contributed by atoms with Crippen molar-refractivity contribution in [3.05, 3.63) is 11.6 Å². The lowest BCUT2D eigenvalue weighted by atomic mass is 9.85. The fraction of sp³-hybridized carbons (Fsp3) is 0.824. The molecule has 5 atom stereocenters. The highest BCUT2D eigenvalue weighted by Crippen LogP contribution is 2.35. The zero-order valence-corrected chi connectivity index (χ0v) is 14.8. The van der Waals surface area contributed by atoms with Crippen LogP contribution in [0, 0.1) is 5.92 Å². The maximum atomic E-state index is 12.5. The molecule has 0 saturated carbocycles. The summed E-state index contributed by atoms with van der Waals surface area (Å²) in [6.45, 7) is 7.07. The molecule has 6 heteroatoms. The van der Waals surface area contributed by atoms with Crippen molar-refractivity contribution in [1.29, 1.82) is 0 Å². The third-order valence-corrected chi connectivity index (χ3v) is 5.67. The average Bonchev–Trinajstić information content (AvgIpc) is 2.99. The van der Waals surface area contributed by atoms with E-state index in [9.17, 15) is 15.0 Å². The summed E-state index contributed by atoms with van der Waals surface area (Å²) in [6, 6.07) is -0.00482. The number of rotatable bonds is 6. The van der Waals surface area contributed by atoms with E-state index in [2.05, 4.69) is 13.1 Å². The Kier molecular flexibility index (Phi) is 5.21. The Bertz CT molecular complexity index is 491. The van der Waals surface area contributed by atoms with Gasteiger partial charge in [0.1, 0.15) is 18.8 Å². The highest BCUT2D eigenvalue weighted by molar-refractivity contribution is 5.80. The number of aliphatic hydroxyl groups excluding tert-OH is 1. The summed E-state index contributed by atoms with van der Waals surface area (Å²) in [5.74, 6) is -1.00. The highest BCUT2D eigenvalue weighted by Gasteiger charge is 2.51. The third kappa shape index (κ3) is 3.05. The number of quaternary nitrogens is 1. The molecule has 2 N–H and O–H groups in total. The number of fused-ring (bicyclic) bond motifs is 1. The topological polar surface area (TPSA) is 76.0 Å². The maximum Gasteiger partial charge on any atom is 0.341 e. The molecule has 0 spiro atoms. The summed E-state index contributed by atoms with van der Waals surface area (Å²) in [5.41, 5.74) is -0.734. The Balaban J connectivity index is 2.04. The second-order valence-corrected chi connectivity index (χ2v) is 7.40. The van der Waals surface area contributed by atoms with E-state index in [1.165, 1.54) is 7.11 Å². The highest BCUT2D eigenvalue weighted by atomic mass is 16.6. The van der Waals surface area contributed by atoms with Gasteiger partial charge in [-0.05, 0) is 18.9 Å². The van der Waals surface area contributed by atoms with E-state index < -0.39 is 23.8 Å². The van der Waals surface area contributed by atoms with Crippen LogP contribution in [0.15, 0.2) is 11.6 Å². The van der Waals surface area contributed by atoms with Crippen molar-refractivity contribution >= 4 is 5.97 Å². The minimum Gasteiger partial charge on any atom is -0.459 e. The first-order valence-electron chi connectivity index (χ1n) is 8.30. The average molecular weight is 328 g/mol. The number of aliphatic hydroxyl groups is 2. The van der Waals surface area contributed by atoms with Crippen molar-refractivity contribution in [1.82, 2.24) is 0 Å². The van der Waals surface area contributed by atoms with Gasteiger partial charge in [0.2, 0.25) is 0 Å². The predicted octanol–water partition coefficient (Wildman–Crippen LogP) is 0.471. The number of carbonyl (C=O) groups is 1. The van der Waals surface area contributed by atoms with Gasteiger partial charge in [0.05, 0.1) is 26.2 Å². The van der Waals surface area contributed by atoms with Crippen LogP contribution in [0.4, 0.5) is 0 Å². The van der Waals surface area contributed by atoms with Crippen LogP contribution in [-0.2, 0) is 14.3 Å². The van der Waals surface area contributed by atoms with E-state index in [-0.39, 0.29) is 18.6 Å². The third-order valence-electron chi connectivity index (χ3n) is 5.67. The molecule has 0 radical (unpaired) electrons. The summed E-state index contributed by atoms with van der Waals surface area (Å²) >= 11 is 0. The van der Waals surface area contributed by atoms with E-state index in [0.717, 1.165) is 29.6 Å². The lowest BCUT2D eigenvalue weighted by Crippen LogP contribution is -2.54. The van der Waals surface area contributed by atoms with Crippen LogP contribution < -0.4 is 0 Å². The Labute approximate surface area is 138 Å². The fourth-order valence-corrected chi connectivity index (χ4v) is 3.90.